The van der Waals surface area contributed by atoms with Crippen LogP contribution < -0.4 is 5.32 Å². The Morgan fingerprint density at radius 2 is 1.47 bits per heavy atom. The van der Waals surface area contributed by atoms with Crippen molar-refractivity contribution in [3.63, 3.8) is 0 Å². The molecule has 0 unspecified atom stereocenters. The number of nitrogens with zero attached hydrogens (tertiary/aromatic N) is 1. The van der Waals surface area contributed by atoms with Gasteiger partial charge in [0.1, 0.15) is 0 Å². The van der Waals surface area contributed by atoms with Gasteiger partial charge in [-0.2, -0.15) is 0 Å². The zero-order valence-electron chi connectivity index (χ0n) is 11.8. The monoisotopic (exact) mass is 238 g/mol. The topological polar surface area (TPSA) is 15.3 Å². The summed E-state index contributed by atoms with van der Waals surface area (Å²) in [6, 6.07) is 2.61. The van der Waals surface area contributed by atoms with Crippen molar-refractivity contribution in [2.24, 2.45) is 0 Å². The average molecular weight is 238 g/mol. The van der Waals surface area contributed by atoms with Crippen LogP contribution in [-0.2, 0) is 0 Å². The Balaban J connectivity index is 1.81. The third-order valence-electron chi connectivity index (χ3n) is 4.82. The SMILES string of the molecule is CCNC1CCC(N(CC)C2CCCC2)CC1. The van der Waals surface area contributed by atoms with Crippen molar-refractivity contribution < 1.29 is 0 Å². The minimum absolute atomic E-state index is 0.804. The lowest BCUT2D eigenvalue weighted by molar-refractivity contribution is 0.104. The first-order valence-electron chi connectivity index (χ1n) is 7.84. The number of nitrogens with one attached hydrogen (secondary N) is 1. The maximum absolute atomic E-state index is 3.61. The fourth-order valence-corrected chi connectivity index (χ4v) is 3.95. The van der Waals surface area contributed by atoms with Gasteiger partial charge in [0.2, 0.25) is 0 Å². The molecule has 2 aliphatic carbocycles. The van der Waals surface area contributed by atoms with E-state index in [-0.39, 0.29) is 0 Å². The molecule has 0 saturated heterocycles. The van der Waals surface area contributed by atoms with Gasteiger partial charge in [0, 0.05) is 18.1 Å². The van der Waals surface area contributed by atoms with Crippen molar-refractivity contribution >= 4 is 0 Å². The van der Waals surface area contributed by atoms with E-state index in [1.807, 2.05) is 0 Å². The quantitative estimate of drug-likeness (QED) is 0.791. The molecule has 0 aromatic carbocycles. The van der Waals surface area contributed by atoms with Gasteiger partial charge < -0.3 is 5.32 Å². The normalized spacial score (nSPS) is 31.2. The molecule has 2 saturated carbocycles. The molecule has 1 N–H and O–H groups in total. The molecule has 0 heterocycles. The largest absolute Gasteiger partial charge is 0.314 e. The summed E-state index contributed by atoms with van der Waals surface area (Å²) >= 11 is 0. The van der Waals surface area contributed by atoms with Crippen molar-refractivity contribution in [1.29, 1.82) is 0 Å². The third-order valence-corrected chi connectivity index (χ3v) is 4.82. The van der Waals surface area contributed by atoms with Gasteiger partial charge in [-0.3, -0.25) is 4.90 Å². The number of hydrogen-bond donors (Lipinski definition) is 1. The second-order valence-electron chi connectivity index (χ2n) is 5.83. The van der Waals surface area contributed by atoms with Crippen molar-refractivity contribution in [3.8, 4) is 0 Å². The van der Waals surface area contributed by atoms with Crippen LogP contribution in [0.4, 0.5) is 0 Å². The summed E-state index contributed by atoms with van der Waals surface area (Å²) < 4.78 is 0. The van der Waals surface area contributed by atoms with Crippen LogP contribution in [0.2, 0.25) is 0 Å². The molecular weight excluding hydrogens is 208 g/mol. The predicted molar refractivity (Wildman–Crippen MR) is 74.4 cm³/mol. The van der Waals surface area contributed by atoms with Gasteiger partial charge in [-0.15, -0.1) is 0 Å². The lowest BCUT2D eigenvalue weighted by Crippen LogP contribution is -2.46. The summed E-state index contributed by atoms with van der Waals surface area (Å²) in [4.78, 5) is 2.83. The Kier molecular flexibility index (Phi) is 5.30. The summed E-state index contributed by atoms with van der Waals surface area (Å²) in [7, 11) is 0. The smallest absolute Gasteiger partial charge is 0.00992 e. The van der Waals surface area contributed by atoms with Gasteiger partial charge in [0.25, 0.3) is 0 Å². The highest BCUT2D eigenvalue weighted by atomic mass is 15.2. The van der Waals surface area contributed by atoms with Crippen LogP contribution in [0.3, 0.4) is 0 Å². The first kappa shape index (κ1) is 13.4. The van der Waals surface area contributed by atoms with Gasteiger partial charge in [0.05, 0.1) is 0 Å². The Morgan fingerprint density at radius 3 is 2.00 bits per heavy atom. The molecule has 0 atom stereocenters. The number of hydrogen-bond acceptors (Lipinski definition) is 2. The van der Waals surface area contributed by atoms with E-state index in [1.165, 1.54) is 57.9 Å². The molecule has 100 valence electrons. The fraction of sp³-hybridized carbons (Fsp3) is 1.00. The molecule has 2 fully saturated rings. The van der Waals surface area contributed by atoms with E-state index in [0.29, 0.717) is 0 Å². The van der Waals surface area contributed by atoms with Crippen molar-refractivity contribution in [2.75, 3.05) is 13.1 Å². The van der Waals surface area contributed by atoms with Crippen LogP contribution in [0.25, 0.3) is 0 Å². The third kappa shape index (κ3) is 3.45. The lowest BCUT2D eigenvalue weighted by Gasteiger charge is -2.40. The molecular formula is C15H30N2. The van der Waals surface area contributed by atoms with E-state index in [1.54, 1.807) is 0 Å². The van der Waals surface area contributed by atoms with Crippen LogP contribution in [0, 0.1) is 0 Å². The van der Waals surface area contributed by atoms with Gasteiger partial charge >= 0.3 is 0 Å². The molecule has 2 nitrogen and oxygen atoms in total. The van der Waals surface area contributed by atoms with E-state index < -0.39 is 0 Å². The molecule has 0 spiro atoms. The molecule has 2 rings (SSSR count). The first-order chi connectivity index (χ1) is 8.35. The Labute approximate surface area is 107 Å². The van der Waals surface area contributed by atoms with Crippen LogP contribution >= 0.6 is 0 Å². The molecule has 0 aromatic rings. The molecule has 17 heavy (non-hydrogen) atoms. The zero-order chi connectivity index (χ0) is 12.1. The van der Waals surface area contributed by atoms with E-state index in [4.69, 9.17) is 0 Å². The van der Waals surface area contributed by atoms with Crippen LogP contribution in [0.5, 0.6) is 0 Å². The molecule has 0 amide bonds. The Hall–Kier alpha value is -0.0800. The maximum atomic E-state index is 3.61. The molecule has 0 bridgehead atoms. The highest BCUT2D eigenvalue weighted by Gasteiger charge is 2.30. The van der Waals surface area contributed by atoms with E-state index in [0.717, 1.165) is 24.7 Å². The fourth-order valence-electron chi connectivity index (χ4n) is 3.95. The van der Waals surface area contributed by atoms with Crippen LogP contribution in [0.15, 0.2) is 0 Å². The standard InChI is InChI=1S/C15H30N2/c1-3-16-13-9-11-15(12-10-13)17(4-2)14-7-5-6-8-14/h13-16H,3-12H2,1-2H3. The highest BCUT2D eigenvalue weighted by molar-refractivity contribution is 4.87. The van der Waals surface area contributed by atoms with Crippen molar-refractivity contribution in [1.82, 2.24) is 10.2 Å². The van der Waals surface area contributed by atoms with Gasteiger partial charge in [-0.1, -0.05) is 26.7 Å². The van der Waals surface area contributed by atoms with E-state index in [2.05, 4.69) is 24.1 Å². The summed E-state index contributed by atoms with van der Waals surface area (Å²) in [5.41, 5.74) is 0. The van der Waals surface area contributed by atoms with Gasteiger partial charge in [-0.25, -0.2) is 0 Å². The molecule has 0 aromatic heterocycles. The average Bonchev–Trinajstić information content (AvgIpc) is 2.86. The summed E-state index contributed by atoms with van der Waals surface area (Å²) in [6.45, 7) is 6.98. The van der Waals surface area contributed by atoms with E-state index in [9.17, 15) is 0 Å². The predicted octanol–water partition coefficient (Wildman–Crippen LogP) is 3.17. The minimum Gasteiger partial charge on any atom is -0.314 e. The Bertz CT molecular complexity index is 203. The second-order valence-corrected chi connectivity index (χ2v) is 5.83. The van der Waals surface area contributed by atoms with E-state index >= 15 is 0 Å². The summed E-state index contributed by atoms with van der Waals surface area (Å²) in [6.07, 6.45) is 11.5. The zero-order valence-corrected chi connectivity index (χ0v) is 11.8. The molecule has 2 heteroatoms. The first-order valence-corrected chi connectivity index (χ1v) is 7.84. The van der Waals surface area contributed by atoms with Crippen LogP contribution in [0.1, 0.15) is 65.2 Å². The summed E-state index contributed by atoms with van der Waals surface area (Å²) in [5, 5.41) is 3.61. The number of rotatable bonds is 5. The highest BCUT2D eigenvalue weighted by Crippen LogP contribution is 2.30. The lowest BCUT2D eigenvalue weighted by atomic mass is 9.89. The van der Waals surface area contributed by atoms with Crippen molar-refractivity contribution in [3.05, 3.63) is 0 Å². The van der Waals surface area contributed by atoms with Crippen molar-refractivity contribution in [2.45, 2.75) is 83.3 Å². The van der Waals surface area contributed by atoms with Crippen LogP contribution in [-0.4, -0.2) is 36.1 Å². The Morgan fingerprint density at radius 1 is 0.882 bits per heavy atom. The minimum atomic E-state index is 0.804. The second kappa shape index (κ2) is 6.75. The molecule has 2 aliphatic rings. The maximum Gasteiger partial charge on any atom is 0.00992 e. The summed E-state index contributed by atoms with van der Waals surface area (Å²) in [5.74, 6) is 0. The molecule has 0 radical (unpaired) electrons. The van der Waals surface area contributed by atoms with Gasteiger partial charge in [0.15, 0.2) is 0 Å². The molecule has 0 aliphatic heterocycles. The van der Waals surface area contributed by atoms with Gasteiger partial charge in [-0.05, 0) is 51.6 Å².